The number of aromatic hydroxyl groups is 1. The molecule has 1 aliphatic rings. The van der Waals surface area contributed by atoms with Gasteiger partial charge >= 0.3 is 23.9 Å². The van der Waals surface area contributed by atoms with E-state index in [1.54, 1.807) is 85.2 Å². The van der Waals surface area contributed by atoms with Gasteiger partial charge in [0.2, 0.25) is 0 Å². The number of thiazole rings is 1. The SMILES string of the molecule is CCC(CC)CNC(c1csc(-c2ccccc2)n1)C1CCCCC1.CCCCC(Nc1ccccc1)c1nc(-c2ccccc2OC)cn1C.Cc1c(F)c(F)c(F)c(F)c1C(=O)O.Cc1cc(C)c(-c2cc(C)cc(-c3cc4ccccc4s3)c2O)c(C)c1.Cc1ccc(C(=O)O)c(C)c1.O=C(O)c1ccccc1SSc1ccccc1C(=O)O. The van der Waals surface area contributed by atoms with Crippen LogP contribution in [0, 0.1) is 83.6 Å². The fourth-order valence-electron chi connectivity index (χ4n) is 14.6. The number of aromatic nitrogens is 3. The first-order valence-corrected chi connectivity index (χ1v) is 44.4. The van der Waals surface area contributed by atoms with Crippen LogP contribution in [0.4, 0.5) is 23.2 Å². The van der Waals surface area contributed by atoms with Gasteiger partial charge in [-0.1, -0.05) is 226 Å². The number of imidazole rings is 1. The summed E-state index contributed by atoms with van der Waals surface area (Å²) in [6, 6.07) is 67.2. The van der Waals surface area contributed by atoms with E-state index in [1.807, 2.05) is 37.3 Å². The second kappa shape index (κ2) is 46.1. The van der Waals surface area contributed by atoms with Crippen molar-refractivity contribution in [3.05, 3.63) is 314 Å². The molecule has 638 valence electrons. The van der Waals surface area contributed by atoms with Gasteiger partial charge in [0.05, 0.1) is 47.3 Å². The number of carboxylic acid groups (broad SMARTS) is 4. The number of hydrogen-bond acceptors (Lipinski definition) is 14. The highest BCUT2D eigenvalue weighted by atomic mass is 33.1. The summed E-state index contributed by atoms with van der Waals surface area (Å²) in [5.74, 6) is -8.64. The number of aromatic carboxylic acids is 4. The van der Waals surface area contributed by atoms with Crippen molar-refractivity contribution in [1.29, 1.82) is 0 Å². The second-order valence-electron chi connectivity index (χ2n) is 30.0. The molecule has 0 bridgehead atoms. The van der Waals surface area contributed by atoms with Crippen LogP contribution >= 0.6 is 44.3 Å². The van der Waals surface area contributed by atoms with E-state index in [-0.39, 0.29) is 17.2 Å². The molecule has 1 fully saturated rings. The van der Waals surface area contributed by atoms with Gasteiger partial charge in [-0.05, 0) is 198 Å². The molecule has 0 spiro atoms. The van der Waals surface area contributed by atoms with E-state index in [2.05, 4.69) is 198 Å². The smallest absolute Gasteiger partial charge is 0.339 e. The number of fused-ring (bicyclic) bond motifs is 1. The van der Waals surface area contributed by atoms with Crippen LogP contribution in [0.25, 0.3) is 53.5 Å². The third kappa shape index (κ3) is 25.4. The second-order valence-corrected chi connectivity index (χ2v) is 34.2. The molecule has 2 atom stereocenters. The Hall–Kier alpha value is -11.3. The summed E-state index contributed by atoms with van der Waals surface area (Å²) < 4.78 is 59.5. The lowest BCUT2D eigenvalue weighted by Crippen LogP contribution is -2.33. The number of nitrogens with one attached hydrogen (secondary N) is 2. The Kier molecular flexibility index (Phi) is 35.7. The largest absolute Gasteiger partial charge is 0.507 e. The van der Waals surface area contributed by atoms with Gasteiger partial charge in [0.15, 0.2) is 23.3 Å². The molecule has 14 rings (SSSR count). The number of thiophene rings is 1. The summed E-state index contributed by atoms with van der Waals surface area (Å²) in [6.45, 7) is 21.0. The minimum Gasteiger partial charge on any atom is -0.507 e. The summed E-state index contributed by atoms with van der Waals surface area (Å²) in [7, 11) is 6.23. The van der Waals surface area contributed by atoms with E-state index in [0.29, 0.717) is 27.1 Å². The predicted molar refractivity (Wildman–Crippen MR) is 489 cm³/mol. The molecule has 1 aliphatic carbocycles. The van der Waals surface area contributed by atoms with Crippen molar-refractivity contribution in [1.82, 2.24) is 19.9 Å². The number of carbonyl (C=O) groups is 4. The lowest BCUT2D eigenvalue weighted by molar-refractivity contribution is 0.0678. The van der Waals surface area contributed by atoms with Gasteiger partial charge in [-0.15, -0.1) is 22.7 Å². The van der Waals surface area contributed by atoms with Crippen molar-refractivity contribution in [2.45, 2.75) is 155 Å². The number of unbranched alkanes of at least 4 members (excludes halogenated alkanes) is 1. The van der Waals surface area contributed by atoms with Crippen LogP contribution in [0.2, 0.25) is 0 Å². The Balaban J connectivity index is 0.000000170. The third-order valence-corrected chi connectivity index (χ3v) is 25.5. The first-order valence-electron chi connectivity index (χ1n) is 40.5. The number of nitrogens with zero attached hydrogens (tertiary/aromatic N) is 3. The van der Waals surface area contributed by atoms with Gasteiger partial charge in [0, 0.05) is 71.5 Å². The van der Waals surface area contributed by atoms with Gasteiger partial charge in [-0.25, -0.2) is 46.7 Å². The van der Waals surface area contributed by atoms with Crippen LogP contribution in [-0.2, 0) is 7.05 Å². The molecule has 2 unspecified atom stereocenters. The Morgan fingerprint density at radius 1 is 0.574 bits per heavy atom. The highest BCUT2D eigenvalue weighted by molar-refractivity contribution is 8.76. The number of para-hydroxylation sites is 2. The fourth-order valence-corrected chi connectivity index (χ4v) is 18.9. The number of benzene rings is 10. The molecular formula is C99H105F4N5O10S4. The van der Waals surface area contributed by atoms with Crippen molar-refractivity contribution >= 4 is 83.9 Å². The standard InChI is InChI=1S/C24H22OS.C22H27N3O.C22H32N2S.C14H10O4S2.C9H10O2.C8H4F4O2/c1-14-9-16(3)23(17(4)10-14)20-12-15(2)11-19(24(20)25)22-13-18-7-5-6-8-21(18)26-22;1-4-5-14-19(23-17-11-7-6-8-12-17)22-24-20(16-25(22)2)18-13-9-10-15-21(18)26-3;1-3-17(4-2)15-23-21(18-11-7-5-8-12-18)20-16-25-22(24-20)19-13-9-6-10-14-19;15-13(16)9-5-1-3-7-11(9)19-20-12-8-4-2-6-10(12)14(17)18;1-6-3-4-8(9(10)11)7(2)5-6;1-2-3(8(13)14)5(10)7(12)6(11)4(2)9/h5-13,25H,1-4H3;6-13,15-16,19,23H,4-5,14H2,1-3H3;6,9-10,13-14,16-18,21,23H,3-5,7-8,11-12,15H2,1-2H3;1-8H,(H,15,16)(H,17,18);3-5H,1-2H3,(H,10,11);1H3,(H,13,14). The molecule has 0 aliphatic heterocycles. The zero-order valence-electron chi connectivity index (χ0n) is 70.6. The number of halogens is 4. The zero-order valence-corrected chi connectivity index (χ0v) is 73.9. The maximum Gasteiger partial charge on any atom is 0.339 e. The molecular weight excluding hydrogens is 1620 g/mol. The fraction of sp³-hybridized carbons (Fsp3) is 0.273. The lowest BCUT2D eigenvalue weighted by atomic mass is 9.82. The van der Waals surface area contributed by atoms with Gasteiger partial charge in [0.1, 0.15) is 27.9 Å². The molecule has 10 aromatic carbocycles. The summed E-state index contributed by atoms with van der Waals surface area (Å²) >= 11 is 3.52. The monoisotopic (exact) mass is 1730 g/mol. The Morgan fingerprint density at radius 3 is 1.70 bits per heavy atom. The molecule has 0 saturated heterocycles. The molecule has 23 heteroatoms. The third-order valence-electron chi connectivity index (χ3n) is 21.0. The topological polar surface area (TPSA) is 233 Å². The summed E-state index contributed by atoms with van der Waals surface area (Å²) in [5.41, 5.74) is 14.1. The highest BCUT2D eigenvalue weighted by Gasteiger charge is 2.30. The number of methoxy groups -OCH3 is 1. The Bertz CT molecular complexity index is 5550. The zero-order chi connectivity index (χ0) is 88.3. The first-order chi connectivity index (χ1) is 58.5. The molecule has 3 aromatic heterocycles. The molecule has 1 saturated carbocycles. The van der Waals surface area contributed by atoms with E-state index in [4.69, 9.17) is 35.1 Å². The molecule has 122 heavy (non-hydrogen) atoms. The molecule has 0 amide bonds. The van der Waals surface area contributed by atoms with Gasteiger partial charge < -0.3 is 45.5 Å². The van der Waals surface area contributed by atoms with E-state index >= 15 is 0 Å². The van der Waals surface area contributed by atoms with Crippen molar-refractivity contribution in [3.63, 3.8) is 0 Å². The molecule has 3 heterocycles. The first kappa shape index (κ1) is 94.5. The van der Waals surface area contributed by atoms with Gasteiger partial charge in [-0.3, -0.25) is 0 Å². The molecule has 0 radical (unpaired) electrons. The lowest BCUT2D eigenvalue weighted by Gasteiger charge is -2.31. The predicted octanol–water partition coefficient (Wildman–Crippen LogP) is 27.2. The quantitative estimate of drug-likeness (QED) is 0.0122. The number of phenolic OH excluding ortho intramolecular Hbond substituents is 1. The molecule has 13 aromatic rings. The van der Waals surface area contributed by atoms with E-state index < -0.39 is 58.3 Å². The Morgan fingerprint density at radius 2 is 1.12 bits per heavy atom. The van der Waals surface area contributed by atoms with E-state index in [1.165, 1.54) is 117 Å². The minimum absolute atomic E-state index is 0.172. The summed E-state index contributed by atoms with van der Waals surface area (Å²) in [5, 5.41) is 58.6. The van der Waals surface area contributed by atoms with Gasteiger partial charge in [0.25, 0.3) is 0 Å². The van der Waals surface area contributed by atoms with Crippen molar-refractivity contribution in [2.75, 3.05) is 19.0 Å². The van der Waals surface area contributed by atoms with Crippen molar-refractivity contribution in [3.8, 4) is 54.9 Å². The van der Waals surface area contributed by atoms with Crippen LogP contribution in [0.1, 0.15) is 189 Å². The van der Waals surface area contributed by atoms with Crippen LogP contribution in [0.3, 0.4) is 0 Å². The van der Waals surface area contributed by atoms with Crippen molar-refractivity contribution < 1.29 is 67.0 Å². The maximum absolute atomic E-state index is 12.8. The highest BCUT2D eigenvalue weighted by Crippen LogP contribution is 2.46. The minimum atomic E-state index is -2.12. The number of carboxylic acids is 4. The van der Waals surface area contributed by atoms with Crippen LogP contribution in [-0.4, -0.2) is 77.6 Å². The normalized spacial score (nSPS) is 12.2. The number of aryl methyl sites for hydroxylation is 7. The molecule has 15 nitrogen and oxygen atoms in total. The number of hydrogen-bond donors (Lipinski definition) is 7. The summed E-state index contributed by atoms with van der Waals surface area (Å²) in [6.07, 6.45) is 14.8. The Labute approximate surface area is 727 Å². The average Bonchev–Trinajstić information content (AvgIpc) is 1.33. The average molecular weight is 1730 g/mol. The van der Waals surface area contributed by atoms with Crippen LogP contribution in [0.15, 0.2) is 228 Å². The number of ether oxygens (including phenoxy) is 1. The maximum atomic E-state index is 12.8. The number of rotatable bonds is 25. The van der Waals surface area contributed by atoms with Gasteiger partial charge in [-0.2, -0.15) is 0 Å². The number of phenols is 1. The van der Waals surface area contributed by atoms with E-state index in [0.717, 1.165) is 116 Å². The van der Waals surface area contributed by atoms with Crippen molar-refractivity contribution in [2.24, 2.45) is 18.9 Å². The van der Waals surface area contributed by atoms with E-state index in [9.17, 15) is 41.8 Å². The molecule has 7 N–H and O–H groups in total. The van der Waals surface area contributed by atoms with Crippen LogP contribution in [0.5, 0.6) is 11.5 Å². The number of anilines is 1. The van der Waals surface area contributed by atoms with Crippen LogP contribution < -0.4 is 15.4 Å². The summed E-state index contributed by atoms with van der Waals surface area (Å²) in [4.78, 5) is 55.4.